The highest BCUT2D eigenvalue weighted by Crippen LogP contribution is 2.25. The van der Waals surface area contributed by atoms with E-state index in [0.29, 0.717) is 6.04 Å². The Labute approximate surface area is 104 Å². The van der Waals surface area contributed by atoms with Crippen molar-refractivity contribution in [2.24, 2.45) is 0 Å². The first-order valence-corrected chi connectivity index (χ1v) is 6.43. The molecule has 0 amide bonds. The fourth-order valence-corrected chi connectivity index (χ4v) is 2.11. The molecular formula is C13H24N4. The summed E-state index contributed by atoms with van der Waals surface area (Å²) in [5.74, 6) is 2.03. The van der Waals surface area contributed by atoms with Crippen molar-refractivity contribution in [3.05, 3.63) is 11.9 Å². The van der Waals surface area contributed by atoms with Crippen LogP contribution in [-0.4, -0.2) is 29.6 Å². The molecule has 0 spiro atoms. The van der Waals surface area contributed by atoms with Crippen molar-refractivity contribution in [3.8, 4) is 0 Å². The lowest BCUT2D eigenvalue weighted by Gasteiger charge is -2.28. The van der Waals surface area contributed by atoms with Crippen molar-refractivity contribution < 1.29 is 0 Å². The highest BCUT2D eigenvalue weighted by Gasteiger charge is 2.17. The Bertz CT molecular complexity index is 349. The molecule has 0 aliphatic heterocycles. The van der Waals surface area contributed by atoms with E-state index in [1.54, 1.807) is 6.33 Å². The Morgan fingerprint density at radius 1 is 1.29 bits per heavy atom. The van der Waals surface area contributed by atoms with E-state index in [-0.39, 0.29) is 0 Å². The molecule has 1 rings (SSSR count). The monoisotopic (exact) mass is 236 g/mol. The number of nitrogens with one attached hydrogen (secondary N) is 1. The van der Waals surface area contributed by atoms with Crippen LogP contribution in [0.5, 0.6) is 0 Å². The highest BCUT2D eigenvalue weighted by atomic mass is 15.2. The standard InChI is InChI=1S/C13H24N4/c1-6-8-11-12(14-5)15-9-16-13(11)17(7-2)10(3)4/h9-10H,6-8H2,1-5H3,(H,14,15,16). The topological polar surface area (TPSA) is 41.1 Å². The summed E-state index contributed by atoms with van der Waals surface area (Å²) in [5.41, 5.74) is 1.23. The van der Waals surface area contributed by atoms with E-state index in [0.717, 1.165) is 31.0 Å². The van der Waals surface area contributed by atoms with Crippen LogP contribution >= 0.6 is 0 Å². The predicted molar refractivity (Wildman–Crippen MR) is 73.7 cm³/mol. The summed E-state index contributed by atoms with van der Waals surface area (Å²) in [6, 6.07) is 0.454. The van der Waals surface area contributed by atoms with E-state index in [2.05, 4.69) is 47.9 Å². The molecule has 0 bridgehead atoms. The van der Waals surface area contributed by atoms with Gasteiger partial charge < -0.3 is 10.2 Å². The summed E-state index contributed by atoms with van der Waals surface area (Å²) >= 11 is 0. The van der Waals surface area contributed by atoms with Crippen LogP contribution in [0.2, 0.25) is 0 Å². The quantitative estimate of drug-likeness (QED) is 0.824. The minimum atomic E-state index is 0.454. The summed E-state index contributed by atoms with van der Waals surface area (Å²) in [7, 11) is 1.91. The molecule has 1 N–H and O–H groups in total. The van der Waals surface area contributed by atoms with Crippen LogP contribution in [0.1, 0.15) is 39.7 Å². The van der Waals surface area contributed by atoms with E-state index in [4.69, 9.17) is 0 Å². The Balaban J connectivity index is 3.20. The average Bonchev–Trinajstić information content (AvgIpc) is 2.31. The number of hydrogen-bond acceptors (Lipinski definition) is 4. The first-order chi connectivity index (χ1) is 8.15. The first kappa shape index (κ1) is 13.7. The molecule has 0 saturated carbocycles. The molecule has 1 heterocycles. The minimum Gasteiger partial charge on any atom is -0.373 e. The zero-order chi connectivity index (χ0) is 12.8. The Morgan fingerprint density at radius 3 is 2.47 bits per heavy atom. The van der Waals surface area contributed by atoms with E-state index < -0.39 is 0 Å². The SMILES string of the molecule is CCCc1c(NC)ncnc1N(CC)C(C)C. The van der Waals surface area contributed by atoms with Gasteiger partial charge >= 0.3 is 0 Å². The zero-order valence-electron chi connectivity index (χ0n) is 11.6. The smallest absolute Gasteiger partial charge is 0.137 e. The second-order valence-corrected chi connectivity index (χ2v) is 4.40. The molecule has 0 saturated heterocycles. The van der Waals surface area contributed by atoms with Crippen LogP contribution < -0.4 is 10.2 Å². The maximum Gasteiger partial charge on any atom is 0.137 e. The lowest BCUT2D eigenvalue weighted by atomic mass is 10.1. The number of anilines is 2. The molecule has 1 aromatic rings. The van der Waals surface area contributed by atoms with Gasteiger partial charge in [-0.2, -0.15) is 0 Å². The zero-order valence-corrected chi connectivity index (χ0v) is 11.6. The Hall–Kier alpha value is -1.32. The van der Waals surface area contributed by atoms with Gasteiger partial charge in [-0.25, -0.2) is 9.97 Å². The molecule has 0 aromatic carbocycles. The Kier molecular flexibility index (Phi) is 5.19. The highest BCUT2D eigenvalue weighted by molar-refractivity contribution is 5.59. The number of aromatic nitrogens is 2. The molecule has 0 aliphatic rings. The van der Waals surface area contributed by atoms with Crippen LogP contribution in [-0.2, 0) is 6.42 Å². The van der Waals surface area contributed by atoms with Crippen LogP contribution in [0.4, 0.5) is 11.6 Å². The molecule has 0 atom stereocenters. The summed E-state index contributed by atoms with van der Waals surface area (Å²) in [6.45, 7) is 9.70. The van der Waals surface area contributed by atoms with E-state index in [9.17, 15) is 0 Å². The predicted octanol–water partition coefficient (Wildman–Crippen LogP) is 2.71. The molecule has 17 heavy (non-hydrogen) atoms. The summed E-state index contributed by atoms with van der Waals surface area (Å²) in [4.78, 5) is 11.1. The maximum absolute atomic E-state index is 4.47. The van der Waals surface area contributed by atoms with Gasteiger partial charge in [-0.15, -0.1) is 0 Å². The van der Waals surface area contributed by atoms with Gasteiger partial charge in [-0.3, -0.25) is 0 Å². The molecular weight excluding hydrogens is 212 g/mol. The number of hydrogen-bond donors (Lipinski definition) is 1. The second kappa shape index (κ2) is 6.42. The van der Waals surface area contributed by atoms with Gasteiger partial charge in [-0.05, 0) is 27.2 Å². The molecule has 4 nitrogen and oxygen atoms in total. The second-order valence-electron chi connectivity index (χ2n) is 4.40. The lowest BCUT2D eigenvalue weighted by Crippen LogP contribution is -2.32. The van der Waals surface area contributed by atoms with Crippen molar-refractivity contribution >= 4 is 11.6 Å². The van der Waals surface area contributed by atoms with Crippen molar-refractivity contribution in [2.45, 2.75) is 46.6 Å². The summed E-state index contributed by atoms with van der Waals surface area (Å²) in [5, 5.41) is 3.16. The average molecular weight is 236 g/mol. The van der Waals surface area contributed by atoms with Gasteiger partial charge in [0.15, 0.2) is 0 Å². The molecule has 0 unspecified atom stereocenters. The molecule has 0 radical (unpaired) electrons. The molecule has 4 heteroatoms. The van der Waals surface area contributed by atoms with Gasteiger partial charge in [0.2, 0.25) is 0 Å². The molecule has 1 aromatic heterocycles. The first-order valence-electron chi connectivity index (χ1n) is 6.43. The number of nitrogens with zero attached hydrogens (tertiary/aromatic N) is 3. The third-order valence-electron chi connectivity index (χ3n) is 2.90. The third-order valence-corrected chi connectivity index (χ3v) is 2.90. The Morgan fingerprint density at radius 2 is 2.00 bits per heavy atom. The summed E-state index contributed by atoms with van der Waals surface area (Å²) < 4.78 is 0. The van der Waals surface area contributed by atoms with Crippen molar-refractivity contribution in [1.82, 2.24) is 9.97 Å². The third kappa shape index (κ3) is 3.08. The van der Waals surface area contributed by atoms with Crippen LogP contribution in [0.25, 0.3) is 0 Å². The van der Waals surface area contributed by atoms with Crippen molar-refractivity contribution in [1.29, 1.82) is 0 Å². The van der Waals surface area contributed by atoms with E-state index in [1.165, 1.54) is 5.56 Å². The fourth-order valence-electron chi connectivity index (χ4n) is 2.11. The lowest BCUT2D eigenvalue weighted by molar-refractivity contribution is 0.685. The van der Waals surface area contributed by atoms with Crippen LogP contribution in [0.15, 0.2) is 6.33 Å². The van der Waals surface area contributed by atoms with Crippen molar-refractivity contribution in [3.63, 3.8) is 0 Å². The van der Waals surface area contributed by atoms with Gasteiger partial charge in [0.25, 0.3) is 0 Å². The molecule has 0 aliphatic carbocycles. The fraction of sp³-hybridized carbons (Fsp3) is 0.692. The molecule has 0 fully saturated rings. The van der Waals surface area contributed by atoms with Gasteiger partial charge in [0, 0.05) is 25.2 Å². The maximum atomic E-state index is 4.47. The van der Waals surface area contributed by atoms with E-state index in [1.807, 2.05) is 7.05 Å². The van der Waals surface area contributed by atoms with Gasteiger partial charge in [-0.1, -0.05) is 13.3 Å². The largest absolute Gasteiger partial charge is 0.373 e. The van der Waals surface area contributed by atoms with Crippen LogP contribution in [0, 0.1) is 0 Å². The minimum absolute atomic E-state index is 0.454. The van der Waals surface area contributed by atoms with Crippen molar-refractivity contribution in [2.75, 3.05) is 23.8 Å². The normalized spacial score (nSPS) is 10.7. The number of rotatable bonds is 6. The van der Waals surface area contributed by atoms with E-state index >= 15 is 0 Å². The van der Waals surface area contributed by atoms with Crippen LogP contribution in [0.3, 0.4) is 0 Å². The summed E-state index contributed by atoms with van der Waals surface area (Å²) in [6.07, 6.45) is 3.76. The van der Waals surface area contributed by atoms with Gasteiger partial charge in [0.05, 0.1) is 0 Å². The molecule has 96 valence electrons. The van der Waals surface area contributed by atoms with Gasteiger partial charge in [0.1, 0.15) is 18.0 Å².